The Morgan fingerprint density at radius 1 is 0.938 bits per heavy atom. The van der Waals surface area contributed by atoms with Crippen LogP contribution >= 0.6 is 11.8 Å². The average molecular weight is 447 g/mol. The quantitative estimate of drug-likeness (QED) is 0.322. The maximum atomic E-state index is 13.2. The first-order valence-corrected chi connectivity index (χ1v) is 11.8. The van der Waals surface area contributed by atoms with Crippen molar-refractivity contribution in [3.8, 4) is 11.5 Å². The molecule has 0 bridgehead atoms. The summed E-state index contributed by atoms with van der Waals surface area (Å²) in [5.41, 5.74) is 4.64. The maximum Gasteiger partial charge on any atom is 0.258 e. The van der Waals surface area contributed by atoms with E-state index in [9.17, 15) is 4.79 Å². The van der Waals surface area contributed by atoms with Crippen molar-refractivity contribution in [3.63, 3.8) is 0 Å². The van der Waals surface area contributed by atoms with Crippen molar-refractivity contribution in [2.24, 2.45) is 0 Å². The minimum atomic E-state index is -0.164. The van der Waals surface area contributed by atoms with Crippen LogP contribution in [0.25, 0.3) is 11.3 Å². The largest absolute Gasteiger partial charge is 0.490 e. The molecule has 0 saturated heterocycles. The van der Waals surface area contributed by atoms with Crippen LogP contribution in [-0.2, 0) is 4.79 Å². The van der Waals surface area contributed by atoms with Gasteiger partial charge in [0.15, 0.2) is 11.5 Å². The van der Waals surface area contributed by atoms with Crippen LogP contribution in [-0.4, -0.2) is 25.4 Å². The molecule has 0 aromatic heterocycles. The molecule has 1 aliphatic rings. The molecule has 6 heteroatoms. The first kappa shape index (κ1) is 21.8. The van der Waals surface area contributed by atoms with Gasteiger partial charge >= 0.3 is 0 Å². The van der Waals surface area contributed by atoms with Gasteiger partial charge in [-0.2, -0.15) is 0 Å². The lowest BCUT2D eigenvalue weighted by Gasteiger charge is -2.16. The highest BCUT2D eigenvalue weighted by Crippen LogP contribution is 2.43. The molecule has 1 heterocycles. The zero-order valence-electron chi connectivity index (χ0n) is 18.4. The van der Waals surface area contributed by atoms with E-state index in [4.69, 9.17) is 9.47 Å². The average Bonchev–Trinajstić information content (AvgIpc) is 3.13. The van der Waals surface area contributed by atoms with Gasteiger partial charge in [0.1, 0.15) is 0 Å². The molecule has 4 rings (SSSR count). The number of nitrogens with one attached hydrogen (secondary N) is 2. The summed E-state index contributed by atoms with van der Waals surface area (Å²) in [5, 5.41) is 6.48. The fourth-order valence-electron chi connectivity index (χ4n) is 3.66. The van der Waals surface area contributed by atoms with Crippen molar-refractivity contribution in [2.45, 2.75) is 18.7 Å². The number of carbonyl (C=O) groups excluding carboxylic acids is 1. The molecule has 164 valence electrons. The Kier molecular flexibility index (Phi) is 6.71. The third kappa shape index (κ3) is 4.46. The fraction of sp³-hybridized carbons (Fsp3) is 0.192. The van der Waals surface area contributed by atoms with Crippen LogP contribution in [0.5, 0.6) is 11.5 Å². The fourth-order valence-corrected chi connectivity index (χ4v) is 4.07. The number of amides is 1. The van der Waals surface area contributed by atoms with Crippen molar-refractivity contribution in [2.75, 3.05) is 30.1 Å². The third-order valence-electron chi connectivity index (χ3n) is 5.10. The van der Waals surface area contributed by atoms with E-state index >= 15 is 0 Å². The highest BCUT2D eigenvalue weighted by Gasteiger charge is 2.30. The zero-order chi connectivity index (χ0) is 22.5. The summed E-state index contributed by atoms with van der Waals surface area (Å²) in [6, 6.07) is 21.8. The predicted octanol–water partition coefficient (Wildman–Crippen LogP) is 6.14. The zero-order valence-corrected chi connectivity index (χ0v) is 19.2. The molecule has 5 nitrogen and oxygen atoms in total. The van der Waals surface area contributed by atoms with Gasteiger partial charge in [0, 0.05) is 22.2 Å². The van der Waals surface area contributed by atoms with Gasteiger partial charge in [0.05, 0.1) is 30.2 Å². The molecule has 0 fully saturated rings. The summed E-state index contributed by atoms with van der Waals surface area (Å²) in [6.07, 6.45) is 2.05. The van der Waals surface area contributed by atoms with Gasteiger partial charge in [-0.25, -0.2) is 0 Å². The second-order valence-corrected chi connectivity index (χ2v) is 8.01. The SMILES string of the molecule is CCOc1cc2c(cc1OCC)/C(=C(/Nc1ccc(SC)cc1)c1ccccc1)C(=O)N2. The van der Waals surface area contributed by atoms with Crippen LogP contribution in [0, 0.1) is 0 Å². The Morgan fingerprint density at radius 2 is 1.59 bits per heavy atom. The first-order valence-electron chi connectivity index (χ1n) is 10.6. The molecule has 0 aliphatic carbocycles. The standard InChI is InChI=1S/C26H26N2O3S/c1-4-30-22-15-20-21(16-23(22)31-5-2)28-26(29)24(20)25(17-9-7-6-8-10-17)27-18-11-13-19(32-3)14-12-18/h6-16,27H,4-5H2,1-3H3,(H,28,29)/b25-24-. The second-order valence-electron chi connectivity index (χ2n) is 7.13. The van der Waals surface area contributed by atoms with Gasteiger partial charge in [-0.15, -0.1) is 11.8 Å². The Bertz CT molecular complexity index is 1140. The topological polar surface area (TPSA) is 59.6 Å². The van der Waals surface area contributed by atoms with Crippen molar-refractivity contribution < 1.29 is 14.3 Å². The van der Waals surface area contributed by atoms with E-state index in [1.165, 1.54) is 4.90 Å². The Hall–Kier alpha value is -3.38. The molecule has 1 aliphatic heterocycles. The molecule has 0 saturated carbocycles. The van der Waals surface area contributed by atoms with Crippen LogP contribution in [0.15, 0.2) is 71.6 Å². The van der Waals surface area contributed by atoms with Crippen molar-refractivity contribution >= 4 is 40.3 Å². The maximum absolute atomic E-state index is 13.2. The highest BCUT2D eigenvalue weighted by molar-refractivity contribution is 7.98. The smallest absolute Gasteiger partial charge is 0.258 e. The van der Waals surface area contributed by atoms with Crippen LogP contribution in [0.3, 0.4) is 0 Å². The molecule has 1 amide bonds. The molecule has 3 aromatic carbocycles. The molecular weight excluding hydrogens is 420 g/mol. The molecule has 3 aromatic rings. The van der Waals surface area contributed by atoms with E-state index < -0.39 is 0 Å². The summed E-state index contributed by atoms with van der Waals surface area (Å²) in [5.74, 6) is 1.08. The molecule has 0 spiro atoms. The van der Waals surface area contributed by atoms with E-state index in [1.807, 2.05) is 74.7 Å². The predicted molar refractivity (Wildman–Crippen MR) is 133 cm³/mol. The number of benzene rings is 3. The highest BCUT2D eigenvalue weighted by atomic mass is 32.2. The monoisotopic (exact) mass is 446 g/mol. The minimum absolute atomic E-state index is 0.164. The number of ether oxygens (including phenoxy) is 2. The molecule has 0 radical (unpaired) electrons. The van der Waals surface area contributed by atoms with E-state index in [0.717, 1.165) is 22.5 Å². The molecule has 0 unspecified atom stereocenters. The summed E-state index contributed by atoms with van der Waals surface area (Å²) in [4.78, 5) is 14.4. The number of hydrogen-bond acceptors (Lipinski definition) is 5. The first-order chi connectivity index (χ1) is 15.6. The minimum Gasteiger partial charge on any atom is -0.490 e. The molecule has 0 atom stereocenters. The third-order valence-corrected chi connectivity index (χ3v) is 5.84. The number of thioether (sulfide) groups is 1. The second kappa shape index (κ2) is 9.83. The lowest BCUT2D eigenvalue weighted by molar-refractivity contribution is -0.110. The number of rotatable bonds is 8. The van der Waals surface area contributed by atoms with Crippen LogP contribution in [0.2, 0.25) is 0 Å². The van der Waals surface area contributed by atoms with Gasteiger partial charge in [-0.05, 0) is 56.0 Å². The number of carbonyl (C=O) groups is 1. The van der Waals surface area contributed by atoms with Crippen molar-refractivity contribution in [1.82, 2.24) is 0 Å². The Labute approximate surface area is 192 Å². The van der Waals surface area contributed by atoms with E-state index in [0.29, 0.717) is 36.0 Å². The van der Waals surface area contributed by atoms with Gasteiger partial charge < -0.3 is 20.1 Å². The summed E-state index contributed by atoms with van der Waals surface area (Å²) >= 11 is 1.69. The number of anilines is 2. The molecule has 32 heavy (non-hydrogen) atoms. The lowest BCUT2D eigenvalue weighted by Crippen LogP contribution is -2.10. The van der Waals surface area contributed by atoms with Crippen LogP contribution < -0.4 is 20.1 Å². The van der Waals surface area contributed by atoms with E-state index in [2.05, 4.69) is 22.8 Å². The van der Waals surface area contributed by atoms with Gasteiger partial charge in [0.2, 0.25) is 0 Å². The van der Waals surface area contributed by atoms with E-state index in [1.54, 1.807) is 11.8 Å². The van der Waals surface area contributed by atoms with Crippen LogP contribution in [0.1, 0.15) is 25.0 Å². The van der Waals surface area contributed by atoms with Crippen molar-refractivity contribution in [1.29, 1.82) is 0 Å². The van der Waals surface area contributed by atoms with Crippen molar-refractivity contribution in [3.05, 3.63) is 77.9 Å². The van der Waals surface area contributed by atoms with Gasteiger partial charge in [0.25, 0.3) is 5.91 Å². The Morgan fingerprint density at radius 3 is 2.22 bits per heavy atom. The molecule has 2 N–H and O–H groups in total. The summed E-state index contributed by atoms with van der Waals surface area (Å²) in [7, 11) is 0. The number of fused-ring (bicyclic) bond motifs is 1. The molecular formula is C26H26N2O3S. The normalized spacial score (nSPS) is 13.9. The van der Waals surface area contributed by atoms with Crippen LogP contribution in [0.4, 0.5) is 11.4 Å². The van der Waals surface area contributed by atoms with Gasteiger partial charge in [-0.1, -0.05) is 30.3 Å². The van der Waals surface area contributed by atoms with Gasteiger partial charge in [-0.3, -0.25) is 4.79 Å². The summed E-state index contributed by atoms with van der Waals surface area (Å²) < 4.78 is 11.6. The van der Waals surface area contributed by atoms with E-state index in [-0.39, 0.29) is 5.91 Å². The summed E-state index contributed by atoms with van der Waals surface area (Å²) in [6.45, 7) is 4.87. The Balaban J connectivity index is 1.87. The number of hydrogen-bond donors (Lipinski definition) is 2. The lowest BCUT2D eigenvalue weighted by atomic mass is 9.99.